The number of aromatic amines is 1. The topological polar surface area (TPSA) is 101 Å². The molecule has 0 saturated carbocycles. The second-order valence-electron chi connectivity index (χ2n) is 4.03. The van der Waals surface area contributed by atoms with Crippen molar-refractivity contribution in [2.75, 3.05) is 5.32 Å². The Morgan fingerprint density at radius 1 is 1.56 bits per heavy atom. The molecule has 1 amide bonds. The number of hydrogen-bond donors (Lipinski definition) is 3. The molecule has 1 rings (SSSR count). The number of rotatable bonds is 4. The van der Waals surface area contributed by atoms with Gasteiger partial charge in [0.1, 0.15) is 0 Å². The standard InChI is InChI=1S/C10H16N4O2/c1-6(2)5-7(11)10(16)12-8-3-4-9(15)14-13-8/h3-4,6-7H,5,11H2,1-2H3,(H,14,15)(H,12,13,16)/t7-/m1/s1. The monoisotopic (exact) mass is 224 g/mol. The van der Waals surface area contributed by atoms with E-state index in [4.69, 9.17) is 5.73 Å². The molecule has 1 atom stereocenters. The lowest BCUT2D eigenvalue weighted by atomic mass is 10.0. The van der Waals surface area contributed by atoms with E-state index < -0.39 is 6.04 Å². The molecule has 0 fully saturated rings. The van der Waals surface area contributed by atoms with E-state index in [1.807, 2.05) is 13.8 Å². The maximum atomic E-state index is 11.6. The number of nitrogens with one attached hydrogen (secondary N) is 2. The molecule has 4 N–H and O–H groups in total. The average molecular weight is 224 g/mol. The van der Waals surface area contributed by atoms with Gasteiger partial charge in [0.25, 0.3) is 5.56 Å². The van der Waals surface area contributed by atoms with Crippen molar-refractivity contribution in [2.45, 2.75) is 26.3 Å². The van der Waals surface area contributed by atoms with Gasteiger partial charge in [-0.05, 0) is 18.4 Å². The molecule has 0 aromatic carbocycles. The van der Waals surface area contributed by atoms with Crippen molar-refractivity contribution >= 4 is 11.7 Å². The first kappa shape index (κ1) is 12.4. The maximum absolute atomic E-state index is 11.6. The van der Waals surface area contributed by atoms with E-state index in [1.54, 1.807) is 0 Å². The molecule has 0 radical (unpaired) electrons. The number of hydrogen-bond acceptors (Lipinski definition) is 4. The largest absolute Gasteiger partial charge is 0.320 e. The van der Waals surface area contributed by atoms with Crippen LogP contribution in [0.4, 0.5) is 5.82 Å². The van der Waals surface area contributed by atoms with Crippen LogP contribution < -0.4 is 16.6 Å². The SMILES string of the molecule is CC(C)C[C@@H](N)C(=O)Nc1ccc(=O)[nH]n1. The van der Waals surface area contributed by atoms with E-state index in [2.05, 4.69) is 15.5 Å². The van der Waals surface area contributed by atoms with Crippen LogP contribution in [0.5, 0.6) is 0 Å². The van der Waals surface area contributed by atoms with Crippen LogP contribution in [0, 0.1) is 5.92 Å². The van der Waals surface area contributed by atoms with Crippen molar-refractivity contribution in [1.29, 1.82) is 0 Å². The van der Waals surface area contributed by atoms with E-state index in [0.29, 0.717) is 18.2 Å². The Bertz CT molecular complexity index is 393. The Kier molecular flexibility index (Phi) is 4.19. The summed E-state index contributed by atoms with van der Waals surface area (Å²) < 4.78 is 0. The van der Waals surface area contributed by atoms with Gasteiger partial charge in [-0.1, -0.05) is 13.8 Å². The zero-order valence-electron chi connectivity index (χ0n) is 9.36. The van der Waals surface area contributed by atoms with Crippen LogP contribution in [-0.4, -0.2) is 22.1 Å². The third-order valence-corrected chi connectivity index (χ3v) is 1.99. The predicted octanol–water partition coefficient (Wildman–Crippen LogP) is 0.0818. The van der Waals surface area contributed by atoms with Gasteiger partial charge in [-0.15, -0.1) is 0 Å². The van der Waals surface area contributed by atoms with Gasteiger partial charge in [-0.25, -0.2) is 5.10 Å². The van der Waals surface area contributed by atoms with Crippen LogP contribution in [0.15, 0.2) is 16.9 Å². The minimum Gasteiger partial charge on any atom is -0.320 e. The lowest BCUT2D eigenvalue weighted by molar-refractivity contribution is -0.117. The zero-order valence-corrected chi connectivity index (χ0v) is 9.36. The molecule has 0 spiro atoms. The molecule has 1 aromatic heterocycles. The van der Waals surface area contributed by atoms with Gasteiger partial charge in [0.2, 0.25) is 5.91 Å². The van der Waals surface area contributed by atoms with Crippen LogP contribution in [0.1, 0.15) is 20.3 Å². The summed E-state index contributed by atoms with van der Waals surface area (Å²) in [6.45, 7) is 3.98. The molecule has 6 nitrogen and oxygen atoms in total. The van der Waals surface area contributed by atoms with Crippen LogP contribution in [-0.2, 0) is 4.79 Å². The minimum atomic E-state index is -0.561. The second-order valence-corrected chi connectivity index (χ2v) is 4.03. The highest BCUT2D eigenvalue weighted by atomic mass is 16.2. The molecule has 0 unspecified atom stereocenters. The summed E-state index contributed by atoms with van der Waals surface area (Å²) in [6, 6.07) is 2.16. The highest BCUT2D eigenvalue weighted by Gasteiger charge is 2.15. The van der Waals surface area contributed by atoms with Gasteiger partial charge in [0.05, 0.1) is 6.04 Å². The van der Waals surface area contributed by atoms with Crippen molar-refractivity contribution in [3.05, 3.63) is 22.5 Å². The number of anilines is 1. The Morgan fingerprint density at radius 3 is 2.75 bits per heavy atom. The second kappa shape index (κ2) is 5.41. The van der Waals surface area contributed by atoms with E-state index in [9.17, 15) is 9.59 Å². The van der Waals surface area contributed by atoms with E-state index in [0.717, 1.165) is 0 Å². The summed E-state index contributed by atoms with van der Waals surface area (Å²) in [6.07, 6.45) is 0.606. The average Bonchev–Trinajstić information content (AvgIpc) is 2.20. The van der Waals surface area contributed by atoms with Crippen LogP contribution in [0.3, 0.4) is 0 Å². The van der Waals surface area contributed by atoms with Crippen LogP contribution >= 0.6 is 0 Å². The first-order chi connectivity index (χ1) is 7.49. The van der Waals surface area contributed by atoms with Gasteiger partial charge in [-0.2, -0.15) is 5.10 Å². The Morgan fingerprint density at radius 2 is 2.25 bits per heavy atom. The number of carbonyl (C=O) groups excluding carboxylic acids is 1. The molecule has 0 saturated heterocycles. The van der Waals surface area contributed by atoms with Crippen molar-refractivity contribution in [2.24, 2.45) is 11.7 Å². The lowest BCUT2D eigenvalue weighted by Crippen LogP contribution is -2.37. The molecule has 88 valence electrons. The molecule has 0 bridgehead atoms. The van der Waals surface area contributed by atoms with Crippen molar-refractivity contribution < 1.29 is 4.79 Å². The van der Waals surface area contributed by atoms with Gasteiger partial charge in [0, 0.05) is 6.07 Å². The number of aromatic nitrogens is 2. The highest BCUT2D eigenvalue weighted by molar-refractivity contribution is 5.93. The minimum absolute atomic E-state index is 0.295. The third kappa shape index (κ3) is 3.82. The first-order valence-corrected chi connectivity index (χ1v) is 5.11. The summed E-state index contributed by atoms with van der Waals surface area (Å²) in [7, 11) is 0. The first-order valence-electron chi connectivity index (χ1n) is 5.11. The fraction of sp³-hybridized carbons (Fsp3) is 0.500. The fourth-order valence-electron chi connectivity index (χ4n) is 1.25. The van der Waals surface area contributed by atoms with E-state index >= 15 is 0 Å². The summed E-state index contributed by atoms with van der Waals surface area (Å²) >= 11 is 0. The third-order valence-electron chi connectivity index (χ3n) is 1.99. The van der Waals surface area contributed by atoms with Gasteiger partial charge in [0.15, 0.2) is 5.82 Å². The van der Waals surface area contributed by atoms with E-state index in [-0.39, 0.29) is 11.5 Å². The van der Waals surface area contributed by atoms with Gasteiger partial charge >= 0.3 is 0 Å². The Hall–Kier alpha value is -1.69. The number of nitrogens with two attached hydrogens (primary N) is 1. The van der Waals surface area contributed by atoms with E-state index in [1.165, 1.54) is 12.1 Å². The van der Waals surface area contributed by atoms with Gasteiger partial charge in [-0.3, -0.25) is 9.59 Å². The van der Waals surface area contributed by atoms with Crippen LogP contribution in [0.25, 0.3) is 0 Å². The molecule has 16 heavy (non-hydrogen) atoms. The Labute approximate surface area is 93.2 Å². The number of amides is 1. The lowest BCUT2D eigenvalue weighted by Gasteiger charge is -2.13. The quantitative estimate of drug-likeness (QED) is 0.674. The zero-order chi connectivity index (χ0) is 12.1. The predicted molar refractivity (Wildman–Crippen MR) is 60.9 cm³/mol. The molecule has 1 aromatic rings. The Balaban J connectivity index is 2.57. The molecular weight excluding hydrogens is 208 g/mol. The molecule has 6 heteroatoms. The normalized spacial score (nSPS) is 12.5. The fourth-order valence-corrected chi connectivity index (χ4v) is 1.25. The summed E-state index contributed by atoms with van der Waals surface area (Å²) in [5.41, 5.74) is 5.37. The van der Waals surface area contributed by atoms with Crippen molar-refractivity contribution in [1.82, 2.24) is 10.2 Å². The molecule has 0 aliphatic rings. The summed E-state index contributed by atoms with van der Waals surface area (Å²) in [4.78, 5) is 22.3. The van der Waals surface area contributed by atoms with Crippen LogP contribution in [0.2, 0.25) is 0 Å². The molecule has 1 heterocycles. The highest BCUT2D eigenvalue weighted by Crippen LogP contribution is 2.05. The summed E-state index contributed by atoms with van der Waals surface area (Å²) in [5, 5.41) is 8.41. The molecule has 0 aliphatic carbocycles. The number of H-pyrrole nitrogens is 1. The van der Waals surface area contributed by atoms with Crippen molar-refractivity contribution in [3.8, 4) is 0 Å². The number of carbonyl (C=O) groups is 1. The van der Waals surface area contributed by atoms with Crippen molar-refractivity contribution in [3.63, 3.8) is 0 Å². The maximum Gasteiger partial charge on any atom is 0.264 e. The summed E-state index contributed by atoms with van der Waals surface area (Å²) in [5.74, 6) is 0.348. The molecule has 0 aliphatic heterocycles. The smallest absolute Gasteiger partial charge is 0.264 e. The van der Waals surface area contributed by atoms with Gasteiger partial charge < -0.3 is 11.1 Å². The number of nitrogens with zero attached hydrogens (tertiary/aromatic N) is 1. The molecular formula is C10H16N4O2.